The zero-order valence-corrected chi connectivity index (χ0v) is 17.2. The van der Waals surface area contributed by atoms with Crippen LogP contribution in [0, 0.1) is 0 Å². The number of aromatic hydroxyl groups is 1. The van der Waals surface area contributed by atoms with E-state index in [1.165, 1.54) is 4.90 Å². The van der Waals surface area contributed by atoms with Gasteiger partial charge >= 0.3 is 0 Å². The van der Waals surface area contributed by atoms with Crippen molar-refractivity contribution in [3.63, 3.8) is 0 Å². The van der Waals surface area contributed by atoms with Crippen LogP contribution in [0.15, 0.2) is 104 Å². The Morgan fingerprint density at radius 3 is 2.50 bits per heavy atom. The lowest BCUT2D eigenvalue weighted by Gasteiger charge is -2.23. The minimum absolute atomic E-state index is 0.0324. The van der Waals surface area contributed by atoms with E-state index >= 15 is 0 Å². The van der Waals surface area contributed by atoms with Crippen molar-refractivity contribution in [2.24, 2.45) is 0 Å². The molecule has 1 amide bonds. The highest BCUT2D eigenvalue weighted by Gasteiger charge is 2.22. The summed E-state index contributed by atoms with van der Waals surface area (Å²) < 4.78 is 1.89. The van der Waals surface area contributed by atoms with Crippen molar-refractivity contribution < 1.29 is 9.90 Å². The molecule has 0 aliphatic carbocycles. The smallest absolute Gasteiger partial charge is 0.258 e. The van der Waals surface area contributed by atoms with Gasteiger partial charge in [0.25, 0.3) is 5.91 Å². The van der Waals surface area contributed by atoms with E-state index in [-0.39, 0.29) is 18.2 Å². The van der Waals surface area contributed by atoms with Crippen molar-refractivity contribution in [2.45, 2.75) is 6.54 Å². The lowest BCUT2D eigenvalue weighted by molar-refractivity contribution is 0.0984. The maximum atomic E-state index is 13.6. The molecule has 6 nitrogen and oxygen atoms in total. The summed E-state index contributed by atoms with van der Waals surface area (Å²) in [5.41, 5.74) is 4.14. The van der Waals surface area contributed by atoms with E-state index in [1.54, 1.807) is 42.6 Å². The van der Waals surface area contributed by atoms with Crippen LogP contribution in [0.4, 0.5) is 5.69 Å². The lowest BCUT2D eigenvalue weighted by atomic mass is 10.1. The monoisotopic (exact) mass is 420 g/mol. The number of aromatic nitrogens is 3. The van der Waals surface area contributed by atoms with E-state index < -0.39 is 0 Å². The molecule has 0 saturated heterocycles. The van der Waals surface area contributed by atoms with Gasteiger partial charge < -0.3 is 9.51 Å². The first-order valence-electron chi connectivity index (χ1n) is 10.2. The van der Waals surface area contributed by atoms with Crippen LogP contribution in [-0.2, 0) is 6.54 Å². The number of carbonyl (C=O) groups is 1. The second-order valence-electron chi connectivity index (χ2n) is 7.37. The SMILES string of the molecule is O=C(c1ccn2cc(-c3ccccc3)nc2c1)N(Cc1ccccn1)c1ccccc1O. The van der Waals surface area contributed by atoms with E-state index in [0.717, 1.165) is 17.0 Å². The first kappa shape index (κ1) is 19.5. The number of pyridine rings is 2. The zero-order valence-electron chi connectivity index (χ0n) is 17.2. The summed E-state index contributed by atoms with van der Waals surface area (Å²) in [6, 6.07) is 25.8. The number of carbonyl (C=O) groups excluding carboxylic acids is 1. The fraction of sp³-hybridized carbons (Fsp3) is 0.0385. The molecule has 0 radical (unpaired) electrons. The van der Waals surface area contributed by atoms with Gasteiger partial charge in [-0.1, -0.05) is 48.5 Å². The number of imidazole rings is 1. The van der Waals surface area contributed by atoms with Gasteiger partial charge in [0, 0.05) is 29.7 Å². The van der Waals surface area contributed by atoms with Crippen molar-refractivity contribution >= 4 is 17.2 Å². The normalized spacial score (nSPS) is 10.9. The van der Waals surface area contributed by atoms with Gasteiger partial charge in [-0.3, -0.25) is 14.7 Å². The highest BCUT2D eigenvalue weighted by Crippen LogP contribution is 2.29. The predicted molar refractivity (Wildman–Crippen MR) is 123 cm³/mol. The standard InChI is InChI=1S/C26H20N4O2/c31-24-12-5-4-11-23(24)30(17-21-10-6-7-14-27-21)26(32)20-13-15-29-18-22(28-25(29)16-20)19-8-2-1-3-9-19/h1-16,18,31H,17H2. The number of phenolic OH excluding ortho intramolecular Hbond substituents is 1. The lowest BCUT2D eigenvalue weighted by Crippen LogP contribution is -2.31. The largest absolute Gasteiger partial charge is 0.506 e. The number of fused-ring (bicyclic) bond motifs is 1. The third-order valence-corrected chi connectivity index (χ3v) is 5.24. The molecule has 5 aromatic rings. The number of para-hydroxylation sites is 2. The number of amides is 1. The molecule has 6 heteroatoms. The predicted octanol–water partition coefficient (Wildman–Crippen LogP) is 4.95. The number of rotatable bonds is 5. The maximum Gasteiger partial charge on any atom is 0.258 e. The summed E-state index contributed by atoms with van der Waals surface area (Å²) in [6.07, 6.45) is 5.45. The van der Waals surface area contributed by atoms with Gasteiger partial charge in [0.05, 0.1) is 23.6 Å². The molecule has 0 atom stereocenters. The van der Waals surface area contributed by atoms with Crippen molar-refractivity contribution in [1.29, 1.82) is 0 Å². The van der Waals surface area contributed by atoms with Crippen molar-refractivity contribution in [2.75, 3.05) is 4.90 Å². The van der Waals surface area contributed by atoms with Crippen LogP contribution in [0.1, 0.15) is 16.1 Å². The molecule has 3 heterocycles. The topological polar surface area (TPSA) is 70.7 Å². The van der Waals surface area contributed by atoms with Gasteiger partial charge in [-0.15, -0.1) is 0 Å². The fourth-order valence-electron chi connectivity index (χ4n) is 3.63. The van der Waals surface area contributed by atoms with Crippen molar-refractivity contribution in [3.05, 3.63) is 115 Å². The fourth-order valence-corrected chi connectivity index (χ4v) is 3.63. The quantitative estimate of drug-likeness (QED) is 0.437. The second kappa shape index (κ2) is 8.35. The van der Waals surface area contributed by atoms with Crippen LogP contribution in [-0.4, -0.2) is 25.4 Å². The molecule has 2 aromatic carbocycles. The molecule has 156 valence electrons. The second-order valence-corrected chi connectivity index (χ2v) is 7.37. The molecular formula is C26H20N4O2. The average Bonchev–Trinajstić information content (AvgIpc) is 3.27. The van der Waals surface area contributed by atoms with Crippen LogP contribution in [0.25, 0.3) is 16.9 Å². The number of benzene rings is 2. The van der Waals surface area contributed by atoms with Crippen LogP contribution >= 0.6 is 0 Å². The van der Waals surface area contributed by atoms with Gasteiger partial charge in [0.15, 0.2) is 0 Å². The molecule has 3 aromatic heterocycles. The number of hydrogen-bond acceptors (Lipinski definition) is 4. The molecule has 0 unspecified atom stereocenters. The van der Waals surface area contributed by atoms with E-state index in [9.17, 15) is 9.90 Å². The Balaban J connectivity index is 1.53. The third kappa shape index (κ3) is 3.81. The summed E-state index contributed by atoms with van der Waals surface area (Å²) in [5, 5.41) is 10.4. The molecule has 5 rings (SSSR count). The number of nitrogens with zero attached hydrogens (tertiary/aromatic N) is 4. The first-order valence-corrected chi connectivity index (χ1v) is 10.2. The van der Waals surface area contributed by atoms with Crippen LogP contribution in [0.5, 0.6) is 5.75 Å². The Hall–Kier alpha value is -4.45. The molecule has 0 saturated carbocycles. The molecule has 0 aliphatic heterocycles. The Morgan fingerprint density at radius 1 is 0.938 bits per heavy atom. The highest BCUT2D eigenvalue weighted by molar-refractivity contribution is 6.07. The van der Waals surface area contributed by atoms with Crippen LogP contribution in [0.3, 0.4) is 0 Å². The summed E-state index contributed by atoms with van der Waals surface area (Å²) in [5.74, 6) is -0.214. The molecule has 0 fully saturated rings. The number of hydrogen-bond donors (Lipinski definition) is 1. The Bertz CT molecular complexity index is 1380. The maximum absolute atomic E-state index is 13.6. The van der Waals surface area contributed by atoms with Crippen molar-refractivity contribution in [3.8, 4) is 17.0 Å². The van der Waals surface area contributed by atoms with Crippen LogP contribution in [0.2, 0.25) is 0 Å². The first-order chi connectivity index (χ1) is 15.7. The van der Waals surface area contributed by atoms with Gasteiger partial charge in [0.2, 0.25) is 0 Å². The van der Waals surface area contributed by atoms with Gasteiger partial charge in [0.1, 0.15) is 11.4 Å². The van der Waals surface area contributed by atoms with E-state index in [1.807, 2.05) is 65.3 Å². The number of anilines is 1. The van der Waals surface area contributed by atoms with E-state index in [0.29, 0.717) is 16.9 Å². The third-order valence-electron chi connectivity index (χ3n) is 5.24. The zero-order chi connectivity index (χ0) is 21.9. The van der Waals surface area contributed by atoms with E-state index in [4.69, 9.17) is 4.98 Å². The number of phenols is 1. The molecule has 0 bridgehead atoms. The minimum atomic E-state index is -0.246. The average molecular weight is 420 g/mol. The highest BCUT2D eigenvalue weighted by atomic mass is 16.3. The van der Waals surface area contributed by atoms with Crippen LogP contribution < -0.4 is 4.90 Å². The van der Waals surface area contributed by atoms with Crippen molar-refractivity contribution in [1.82, 2.24) is 14.4 Å². The summed E-state index contributed by atoms with van der Waals surface area (Å²) in [6.45, 7) is 0.228. The van der Waals surface area contributed by atoms with Gasteiger partial charge in [-0.05, 0) is 36.4 Å². The summed E-state index contributed by atoms with van der Waals surface area (Å²) >= 11 is 0. The van der Waals surface area contributed by atoms with Gasteiger partial charge in [-0.25, -0.2) is 4.98 Å². The Labute approximate surface area is 185 Å². The molecule has 0 aliphatic rings. The summed E-state index contributed by atoms with van der Waals surface area (Å²) in [4.78, 5) is 24.1. The summed E-state index contributed by atoms with van der Waals surface area (Å²) in [7, 11) is 0. The molecular weight excluding hydrogens is 400 g/mol. The Kier molecular flexibility index (Phi) is 5.09. The molecule has 0 spiro atoms. The minimum Gasteiger partial charge on any atom is -0.506 e. The van der Waals surface area contributed by atoms with Gasteiger partial charge in [-0.2, -0.15) is 0 Å². The van der Waals surface area contributed by atoms with E-state index in [2.05, 4.69) is 4.98 Å². The Morgan fingerprint density at radius 2 is 1.72 bits per heavy atom. The molecule has 1 N–H and O–H groups in total. The molecule has 32 heavy (non-hydrogen) atoms.